The summed E-state index contributed by atoms with van der Waals surface area (Å²) in [7, 11) is -4.28. The summed E-state index contributed by atoms with van der Waals surface area (Å²) >= 11 is 0. The van der Waals surface area contributed by atoms with Crippen molar-refractivity contribution in [3.8, 4) is 0 Å². The minimum atomic E-state index is -4.28. The molecule has 0 radical (unpaired) electrons. The van der Waals surface area contributed by atoms with Crippen LogP contribution in [0.15, 0.2) is 17.0 Å². The van der Waals surface area contributed by atoms with Gasteiger partial charge in [0.1, 0.15) is 16.4 Å². The van der Waals surface area contributed by atoms with Crippen LogP contribution in [0.5, 0.6) is 0 Å². The molecule has 6 nitrogen and oxygen atoms in total. The number of amides is 1. The second kappa shape index (κ2) is 6.81. The monoisotopic (exact) mass is 321 g/mol. The fourth-order valence-corrected chi connectivity index (χ4v) is 3.15. The van der Waals surface area contributed by atoms with E-state index in [1.54, 1.807) is 6.92 Å². The normalized spacial score (nSPS) is 11.7. The van der Waals surface area contributed by atoms with E-state index in [2.05, 4.69) is 5.32 Å². The van der Waals surface area contributed by atoms with E-state index in [0.29, 0.717) is 6.54 Å². The Hall–Kier alpha value is -1.74. The van der Waals surface area contributed by atoms with Gasteiger partial charge in [0.15, 0.2) is 5.82 Å². The van der Waals surface area contributed by atoms with Crippen LogP contribution in [0, 0.1) is 11.6 Å². The topological polar surface area (TPSA) is 92.5 Å². The summed E-state index contributed by atoms with van der Waals surface area (Å²) in [5.74, 6) is -2.92. The third-order valence-corrected chi connectivity index (χ3v) is 4.69. The zero-order valence-corrected chi connectivity index (χ0v) is 12.5. The van der Waals surface area contributed by atoms with Crippen LogP contribution >= 0.6 is 0 Å². The molecule has 0 bridgehead atoms. The van der Waals surface area contributed by atoms with Gasteiger partial charge in [0.2, 0.25) is 15.9 Å². The van der Waals surface area contributed by atoms with Gasteiger partial charge in [0, 0.05) is 13.1 Å². The summed E-state index contributed by atoms with van der Waals surface area (Å²) < 4.78 is 52.4. The van der Waals surface area contributed by atoms with Crippen molar-refractivity contribution in [3.63, 3.8) is 0 Å². The van der Waals surface area contributed by atoms with Gasteiger partial charge < -0.3 is 11.1 Å². The molecule has 0 atom stereocenters. The standard InChI is InChI=1S/C12H17F2N3O3S/c1-3-16-10(18)7-17(4-2)21(19,20)9-6-5-8(13)12(15)11(9)14/h5-6H,3-4,7,15H2,1-2H3,(H,16,18). The van der Waals surface area contributed by atoms with Crippen molar-refractivity contribution in [2.24, 2.45) is 0 Å². The highest BCUT2D eigenvalue weighted by atomic mass is 32.2. The van der Waals surface area contributed by atoms with Crippen molar-refractivity contribution < 1.29 is 22.0 Å². The molecule has 0 aliphatic heterocycles. The Morgan fingerprint density at radius 2 is 1.95 bits per heavy atom. The zero-order valence-electron chi connectivity index (χ0n) is 11.7. The van der Waals surface area contributed by atoms with E-state index in [1.165, 1.54) is 6.92 Å². The van der Waals surface area contributed by atoms with Gasteiger partial charge in [0.05, 0.1) is 6.54 Å². The van der Waals surface area contributed by atoms with E-state index in [9.17, 15) is 22.0 Å². The minimum absolute atomic E-state index is 0.0454. The molecule has 21 heavy (non-hydrogen) atoms. The van der Waals surface area contributed by atoms with Gasteiger partial charge in [-0.3, -0.25) is 4.79 Å². The molecule has 3 N–H and O–H groups in total. The van der Waals surface area contributed by atoms with Gasteiger partial charge in [-0.25, -0.2) is 17.2 Å². The van der Waals surface area contributed by atoms with Crippen LogP contribution in [0.3, 0.4) is 0 Å². The van der Waals surface area contributed by atoms with Crippen molar-refractivity contribution in [3.05, 3.63) is 23.8 Å². The Labute approximate surface area is 122 Å². The number of nitrogens with one attached hydrogen (secondary N) is 1. The molecule has 1 amide bonds. The number of nitrogen functional groups attached to an aromatic ring is 1. The maximum Gasteiger partial charge on any atom is 0.246 e. The second-order valence-corrected chi connectivity index (χ2v) is 6.06. The van der Waals surface area contributed by atoms with Crippen LogP contribution in [-0.4, -0.2) is 38.3 Å². The predicted molar refractivity (Wildman–Crippen MR) is 73.9 cm³/mol. The lowest BCUT2D eigenvalue weighted by Crippen LogP contribution is -2.40. The van der Waals surface area contributed by atoms with Crippen LogP contribution in [0.25, 0.3) is 0 Å². The van der Waals surface area contributed by atoms with Crippen molar-refractivity contribution >= 4 is 21.6 Å². The molecule has 1 rings (SSSR count). The van der Waals surface area contributed by atoms with Gasteiger partial charge in [-0.05, 0) is 19.1 Å². The Balaban J connectivity index is 3.19. The van der Waals surface area contributed by atoms with E-state index in [0.717, 1.165) is 16.4 Å². The molecule has 9 heteroatoms. The average Bonchev–Trinajstić information content (AvgIpc) is 2.42. The first-order valence-corrected chi connectivity index (χ1v) is 7.70. The van der Waals surface area contributed by atoms with Gasteiger partial charge in [-0.2, -0.15) is 4.31 Å². The van der Waals surface area contributed by atoms with Gasteiger partial charge >= 0.3 is 0 Å². The summed E-state index contributed by atoms with van der Waals surface area (Å²) in [4.78, 5) is 10.7. The number of anilines is 1. The van der Waals surface area contributed by atoms with Crippen LogP contribution in [0.4, 0.5) is 14.5 Å². The summed E-state index contributed by atoms with van der Waals surface area (Å²) in [5, 5.41) is 2.45. The van der Waals surface area contributed by atoms with Crippen molar-refractivity contribution in [2.75, 3.05) is 25.4 Å². The number of hydrogen-bond acceptors (Lipinski definition) is 4. The number of nitrogens with two attached hydrogens (primary N) is 1. The number of carbonyl (C=O) groups excluding carboxylic acids is 1. The number of sulfonamides is 1. The summed E-state index contributed by atoms with van der Waals surface area (Å²) in [5.41, 5.74) is 4.29. The molecule has 0 spiro atoms. The molecular weight excluding hydrogens is 304 g/mol. The number of benzene rings is 1. The first kappa shape index (κ1) is 17.3. The SMILES string of the molecule is CCNC(=O)CN(CC)S(=O)(=O)c1ccc(F)c(N)c1F. The Morgan fingerprint density at radius 1 is 1.33 bits per heavy atom. The molecule has 1 aromatic carbocycles. The lowest BCUT2D eigenvalue weighted by atomic mass is 10.3. The molecule has 0 fully saturated rings. The van der Waals surface area contributed by atoms with Crippen LogP contribution in [0.1, 0.15) is 13.8 Å². The fraction of sp³-hybridized carbons (Fsp3) is 0.417. The minimum Gasteiger partial charge on any atom is -0.394 e. The van der Waals surface area contributed by atoms with E-state index >= 15 is 0 Å². The average molecular weight is 321 g/mol. The van der Waals surface area contributed by atoms with Gasteiger partial charge in [-0.15, -0.1) is 0 Å². The van der Waals surface area contributed by atoms with Crippen LogP contribution < -0.4 is 11.1 Å². The molecule has 0 saturated carbocycles. The van der Waals surface area contributed by atoms with Crippen molar-refractivity contribution in [1.29, 1.82) is 0 Å². The maximum absolute atomic E-state index is 13.9. The molecule has 0 saturated heterocycles. The lowest BCUT2D eigenvalue weighted by molar-refractivity contribution is -0.121. The smallest absolute Gasteiger partial charge is 0.246 e. The van der Waals surface area contributed by atoms with E-state index in [1.807, 2.05) is 0 Å². The Bertz CT molecular complexity index is 635. The van der Waals surface area contributed by atoms with E-state index in [4.69, 9.17) is 5.73 Å². The number of carbonyl (C=O) groups is 1. The molecular formula is C12H17F2N3O3S. The zero-order chi connectivity index (χ0) is 16.2. The van der Waals surface area contributed by atoms with Gasteiger partial charge in [0.25, 0.3) is 0 Å². The third kappa shape index (κ3) is 3.67. The third-order valence-electron chi connectivity index (χ3n) is 2.76. The molecule has 118 valence electrons. The highest BCUT2D eigenvalue weighted by molar-refractivity contribution is 7.89. The highest BCUT2D eigenvalue weighted by Gasteiger charge is 2.29. The van der Waals surface area contributed by atoms with Gasteiger partial charge in [-0.1, -0.05) is 6.92 Å². The Kier molecular flexibility index (Phi) is 5.62. The molecule has 1 aromatic rings. The second-order valence-electron chi connectivity index (χ2n) is 4.16. The van der Waals surface area contributed by atoms with Crippen LogP contribution in [0.2, 0.25) is 0 Å². The fourth-order valence-electron chi connectivity index (χ4n) is 1.67. The number of hydrogen-bond donors (Lipinski definition) is 2. The summed E-state index contributed by atoms with van der Waals surface area (Å²) in [6.45, 7) is 3.03. The van der Waals surface area contributed by atoms with E-state index < -0.39 is 44.7 Å². The molecule has 0 heterocycles. The number of halogens is 2. The number of nitrogens with zero attached hydrogens (tertiary/aromatic N) is 1. The highest BCUT2D eigenvalue weighted by Crippen LogP contribution is 2.25. The quantitative estimate of drug-likeness (QED) is 0.754. The largest absolute Gasteiger partial charge is 0.394 e. The predicted octanol–water partition coefficient (Wildman–Crippen LogP) is 0.694. The van der Waals surface area contributed by atoms with E-state index in [-0.39, 0.29) is 6.54 Å². The molecule has 0 aromatic heterocycles. The molecule has 0 aliphatic rings. The van der Waals surface area contributed by atoms with Crippen LogP contribution in [-0.2, 0) is 14.8 Å². The number of likely N-dealkylation sites (N-methyl/N-ethyl adjacent to an activating group) is 2. The molecule has 0 aliphatic carbocycles. The van der Waals surface area contributed by atoms with Crippen molar-refractivity contribution in [1.82, 2.24) is 9.62 Å². The molecule has 0 unspecified atom stereocenters. The Morgan fingerprint density at radius 3 is 2.48 bits per heavy atom. The summed E-state index contributed by atoms with van der Waals surface area (Å²) in [6, 6.07) is 1.56. The lowest BCUT2D eigenvalue weighted by Gasteiger charge is -2.20. The maximum atomic E-state index is 13.9. The van der Waals surface area contributed by atoms with Crippen molar-refractivity contribution in [2.45, 2.75) is 18.7 Å². The number of rotatable bonds is 6. The first-order valence-electron chi connectivity index (χ1n) is 6.26. The first-order chi connectivity index (χ1) is 9.75. The summed E-state index contributed by atoms with van der Waals surface area (Å²) in [6.07, 6.45) is 0.